The van der Waals surface area contributed by atoms with Crippen molar-refractivity contribution in [2.24, 2.45) is 5.14 Å². The number of nitrogens with two attached hydrogens (primary N) is 1. The topological polar surface area (TPSA) is 72.2 Å². The lowest BCUT2D eigenvalue weighted by Gasteiger charge is -2.05. The van der Waals surface area contributed by atoms with Crippen LogP contribution in [-0.2, 0) is 16.4 Å². The highest BCUT2D eigenvalue weighted by Crippen LogP contribution is 2.08. The summed E-state index contributed by atoms with van der Waals surface area (Å²) in [4.78, 5) is 0.167. The van der Waals surface area contributed by atoms with Crippen molar-refractivity contribution < 1.29 is 8.42 Å². The van der Waals surface area contributed by atoms with Crippen molar-refractivity contribution in [2.45, 2.75) is 24.7 Å². The minimum Gasteiger partial charge on any atom is -0.316 e. The minimum absolute atomic E-state index is 0.167. The Labute approximate surface area is 120 Å². The molecule has 1 aromatic rings. The molecule has 0 fully saturated rings. The van der Waals surface area contributed by atoms with Crippen molar-refractivity contribution in [3.63, 3.8) is 0 Å². The SMILES string of the molecule is CCSCCCNCCc1ccc(S(N)(=O)=O)cc1. The smallest absolute Gasteiger partial charge is 0.238 e. The summed E-state index contributed by atoms with van der Waals surface area (Å²) in [6, 6.07) is 6.74. The van der Waals surface area contributed by atoms with Crippen molar-refractivity contribution in [3.05, 3.63) is 29.8 Å². The van der Waals surface area contributed by atoms with Crippen LogP contribution in [-0.4, -0.2) is 33.0 Å². The van der Waals surface area contributed by atoms with Crippen molar-refractivity contribution >= 4 is 21.8 Å². The molecule has 0 amide bonds. The maximum atomic E-state index is 11.1. The highest BCUT2D eigenvalue weighted by Gasteiger charge is 2.06. The van der Waals surface area contributed by atoms with E-state index in [1.807, 2.05) is 23.9 Å². The Kier molecular flexibility index (Phi) is 7.45. The molecule has 1 aromatic carbocycles. The molecule has 0 atom stereocenters. The zero-order valence-corrected chi connectivity index (χ0v) is 12.9. The number of hydrogen-bond donors (Lipinski definition) is 2. The van der Waals surface area contributed by atoms with Crippen molar-refractivity contribution in [2.75, 3.05) is 24.6 Å². The van der Waals surface area contributed by atoms with Crippen molar-refractivity contribution in [1.82, 2.24) is 5.32 Å². The fourth-order valence-corrected chi connectivity index (χ4v) is 2.80. The van der Waals surface area contributed by atoms with Gasteiger partial charge in [-0.05, 0) is 55.1 Å². The zero-order valence-electron chi connectivity index (χ0n) is 11.3. The van der Waals surface area contributed by atoms with Gasteiger partial charge in [-0.2, -0.15) is 11.8 Å². The third-order valence-electron chi connectivity index (χ3n) is 2.69. The molecule has 0 aliphatic heterocycles. The number of primary sulfonamides is 1. The van der Waals surface area contributed by atoms with Gasteiger partial charge in [-0.3, -0.25) is 0 Å². The van der Waals surface area contributed by atoms with Gasteiger partial charge in [0, 0.05) is 0 Å². The summed E-state index contributed by atoms with van der Waals surface area (Å²) in [7, 11) is -3.58. The van der Waals surface area contributed by atoms with Crippen LogP contribution in [0, 0.1) is 0 Å². The molecule has 0 saturated carbocycles. The molecule has 0 aliphatic rings. The molecule has 1 rings (SSSR count). The summed E-state index contributed by atoms with van der Waals surface area (Å²) in [6.07, 6.45) is 2.08. The Morgan fingerprint density at radius 3 is 2.47 bits per heavy atom. The predicted octanol–water partition coefficient (Wildman–Crippen LogP) is 1.61. The summed E-state index contributed by atoms with van der Waals surface area (Å²) < 4.78 is 22.2. The zero-order chi connectivity index (χ0) is 14.1. The lowest BCUT2D eigenvalue weighted by molar-refractivity contribution is 0.597. The number of benzene rings is 1. The summed E-state index contributed by atoms with van der Waals surface area (Å²) in [6.45, 7) is 4.11. The Balaban J connectivity index is 2.23. The van der Waals surface area contributed by atoms with Gasteiger partial charge < -0.3 is 5.32 Å². The van der Waals surface area contributed by atoms with E-state index in [0.29, 0.717) is 0 Å². The Hall–Kier alpha value is -0.560. The van der Waals surface area contributed by atoms with E-state index in [1.165, 1.54) is 17.9 Å². The lowest BCUT2D eigenvalue weighted by Crippen LogP contribution is -2.19. The summed E-state index contributed by atoms with van der Waals surface area (Å²) >= 11 is 1.96. The molecule has 0 bridgehead atoms. The van der Waals surface area contributed by atoms with Gasteiger partial charge in [0.1, 0.15) is 0 Å². The Bertz CT molecular complexity index is 458. The van der Waals surface area contributed by atoms with Crippen LogP contribution in [0.25, 0.3) is 0 Å². The van der Waals surface area contributed by atoms with Crippen LogP contribution in [0.5, 0.6) is 0 Å². The van der Waals surface area contributed by atoms with E-state index in [4.69, 9.17) is 5.14 Å². The molecule has 6 heteroatoms. The average Bonchev–Trinajstić information content (AvgIpc) is 2.37. The summed E-state index contributed by atoms with van der Waals surface area (Å²) in [5.74, 6) is 2.38. The van der Waals surface area contributed by atoms with E-state index in [9.17, 15) is 8.42 Å². The fraction of sp³-hybridized carbons (Fsp3) is 0.538. The first kappa shape index (κ1) is 16.5. The number of hydrogen-bond acceptors (Lipinski definition) is 4. The van der Waals surface area contributed by atoms with Gasteiger partial charge in [-0.15, -0.1) is 0 Å². The van der Waals surface area contributed by atoms with Crippen LogP contribution in [0.15, 0.2) is 29.2 Å². The lowest BCUT2D eigenvalue weighted by atomic mass is 10.1. The maximum absolute atomic E-state index is 11.1. The number of rotatable bonds is 9. The fourth-order valence-electron chi connectivity index (χ4n) is 1.65. The molecule has 0 heterocycles. The molecule has 108 valence electrons. The largest absolute Gasteiger partial charge is 0.316 e. The molecule has 0 saturated heterocycles. The highest BCUT2D eigenvalue weighted by atomic mass is 32.2. The molecule has 3 N–H and O–H groups in total. The summed E-state index contributed by atoms with van der Waals surface area (Å²) in [5.41, 5.74) is 1.11. The normalized spacial score (nSPS) is 11.7. The molecule has 4 nitrogen and oxygen atoms in total. The van der Waals surface area contributed by atoms with Crippen LogP contribution in [0.3, 0.4) is 0 Å². The van der Waals surface area contributed by atoms with Gasteiger partial charge in [0.2, 0.25) is 10.0 Å². The maximum Gasteiger partial charge on any atom is 0.238 e. The second-order valence-electron chi connectivity index (χ2n) is 4.24. The second-order valence-corrected chi connectivity index (χ2v) is 7.19. The Morgan fingerprint density at radius 2 is 1.89 bits per heavy atom. The van der Waals surface area contributed by atoms with Crippen LogP contribution in [0.2, 0.25) is 0 Å². The van der Waals surface area contributed by atoms with Crippen LogP contribution < -0.4 is 10.5 Å². The third-order valence-corrected chi connectivity index (χ3v) is 4.60. The van der Waals surface area contributed by atoms with Crippen molar-refractivity contribution in [1.29, 1.82) is 0 Å². The molecule has 19 heavy (non-hydrogen) atoms. The molecule has 0 radical (unpaired) electrons. The first-order valence-electron chi connectivity index (χ1n) is 6.44. The predicted molar refractivity (Wildman–Crippen MR) is 82.0 cm³/mol. The number of sulfonamides is 1. The number of nitrogens with one attached hydrogen (secondary N) is 1. The first-order chi connectivity index (χ1) is 9.04. The monoisotopic (exact) mass is 302 g/mol. The molecular weight excluding hydrogens is 280 g/mol. The van der Waals surface area contributed by atoms with Crippen LogP contribution >= 0.6 is 11.8 Å². The highest BCUT2D eigenvalue weighted by molar-refractivity contribution is 7.99. The van der Waals surface area contributed by atoms with E-state index in [-0.39, 0.29) is 4.90 Å². The Morgan fingerprint density at radius 1 is 1.21 bits per heavy atom. The van der Waals surface area contributed by atoms with Crippen molar-refractivity contribution in [3.8, 4) is 0 Å². The molecule has 0 spiro atoms. The van der Waals surface area contributed by atoms with Gasteiger partial charge in [0.15, 0.2) is 0 Å². The third kappa shape index (κ3) is 6.96. The molecule has 0 aliphatic carbocycles. The molecule has 0 unspecified atom stereocenters. The van der Waals surface area contributed by atoms with Gasteiger partial charge in [-0.1, -0.05) is 19.1 Å². The molecular formula is C13H22N2O2S2. The van der Waals surface area contributed by atoms with Gasteiger partial charge in [0.25, 0.3) is 0 Å². The van der Waals surface area contributed by atoms with Gasteiger partial charge in [0.05, 0.1) is 4.90 Å². The number of thioether (sulfide) groups is 1. The quantitative estimate of drug-likeness (QED) is 0.680. The van der Waals surface area contributed by atoms with Gasteiger partial charge >= 0.3 is 0 Å². The average molecular weight is 302 g/mol. The van der Waals surface area contributed by atoms with Crippen LogP contribution in [0.1, 0.15) is 18.9 Å². The minimum atomic E-state index is -3.58. The van der Waals surface area contributed by atoms with E-state index in [0.717, 1.165) is 25.1 Å². The standard InChI is InChI=1S/C13H22N2O2S2/c1-2-18-11-3-9-15-10-8-12-4-6-13(7-5-12)19(14,16)17/h4-7,15H,2-3,8-11H2,1H3,(H2,14,16,17). The van der Waals surface area contributed by atoms with E-state index < -0.39 is 10.0 Å². The van der Waals surface area contributed by atoms with Gasteiger partial charge in [-0.25, -0.2) is 13.6 Å². The van der Waals surface area contributed by atoms with E-state index in [1.54, 1.807) is 12.1 Å². The molecule has 0 aromatic heterocycles. The summed E-state index contributed by atoms with van der Waals surface area (Å²) in [5, 5.41) is 8.43. The van der Waals surface area contributed by atoms with E-state index in [2.05, 4.69) is 12.2 Å². The van der Waals surface area contributed by atoms with Crippen LogP contribution in [0.4, 0.5) is 0 Å². The second kappa shape index (κ2) is 8.58. The first-order valence-corrected chi connectivity index (χ1v) is 9.14. The van der Waals surface area contributed by atoms with E-state index >= 15 is 0 Å².